The van der Waals surface area contributed by atoms with Crippen LogP contribution in [0.15, 0.2) is 40.9 Å². The van der Waals surface area contributed by atoms with Crippen molar-refractivity contribution in [1.29, 1.82) is 0 Å². The van der Waals surface area contributed by atoms with Gasteiger partial charge in [-0.05, 0) is 65.1 Å². The first-order valence-corrected chi connectivity index (χ1v) is 7.60. The average Bonchev–Trinajstić information content (AvgIpc) is 2.49. The lowest BCUT2D eigenvalue weighted by Gasteiger charge is -2.19. The fraction of sp³-hybridized carbons (Fsp3) is 0.294. The van der Waals surface area contributed by atoms with E-state index in [4.69, 9.17) is 4.74 Å². The molecule has 0 bridgehead atoms. The van der Waals surface area contributed by atoms with Crippen molar-refractivity contribution in [3.05, 3.63) is 63.4 Å². The second-order valence-electron chi connectivity index (χ2n) is 4.99. The molecule has 4 heteroatoms. The molecule has 0 fully saturated rings. The number of ether oxygens (including phenoxy) is 1. The Morgan fingerprint density at radius 2 is 2.05 bits per heavy atom. The topological polar surface area (TPSA) is 21.3 Å². The van der Waals surface area contributed by atoms with Gasteiger partial charge in [-0.15, -0.1) is 0 Å². The van der Waals surface area contributed by atoms with E-state index in [9.17, 15) is 4.39 Å². The van der Waals surface area contributed by atoms with Crippen LogP contribution in [0.1, 0.15) is 22.7 Å². The van der Waals surface area contributed by atoms with Crippen molar-refractivity contribution in [2.24, 2.45) is 0 Å². The minimum atomic E-state index is -0.233. The molecule has 0 aromatic heterocycles. The van der Waals surface area contributed by atoms with Gasteiger partial charge in [-0.2, -0.15) is 0 Å². The van der Waals surface area contributed by atoms with Gasteiger partial charge >= 0.3 is 0 Å². The van der Waals surface area contributed by atoms with Crippen molar-refractivity contribution in [2.45, 2.75) is 19.4 Å². The molecule has 0 spiro atoms. The van der Waals surface area contributed by atoms with Gasteiger partial charge in [-0.3, -0.25) is 0 Å². The Kier molecular flexibility index (Phi) is 5.37. The van der Waals surface area contributed by atoms with Crippen LogP contribution in [0.4, 0.5) is 4.39 Å². The molecule has 0 aliphatic carbocycles. The maximum Gasteiger partial charge on any atom is 0.137 e. The Morgan fingerprint density at radius 3 is 2.71 bits per heavy atom. The fourth-order valence-electron chi connectivity index (χ4n) is 2.37. The summed E-state index contributed by atoms with van der Waals surface area (Å²) >= 11 is 3.32. The van der Waals surface area contributed by atoms with Crippen LogP contribution in [0.25, 0.3) is 0 Å². The van der Waals surface area contributed by atoms with Crippen molar-refractivity contribution in [3.8, 4) is 5.75 Å². The van der Waals surface area contributed by atoms with E-state index in [0.717, 1.165) is 22.4 Å². The van der Waals surface area contributed by atoms with Gasteiger partial charge in [-0.25, -0.2) is 4.39 Å². The molecule has 2 rings (SSSR count). The summed E-state index contributed by atoms with van der Waals surface area (Å²) in [6, 6.07) is 11.4. The van der Waals surface area contributed by atoms with Gasteiger partial charge < -0.3 is 10.1 Å². The highest BCUT2D eigenvalue weighted by molar-refractivity contribution is 9.10. The van der Waals surface area contributed by atoms with E-state index in [-0.39, 0.29) is 11.9 Å². The Balaban J connectivity index is 2.30. The highest BCUT2D eigenvalue weighted by Gasteiger charge is 2.15. The van der Waals surface area contributed by atoms with Crippen molar-refractivity contribution in [1.82, 2.24) is 5.32 Å². The van der Waals surface area contributed by atoms with E-state index in [1.54, 1.807) is 13.2 Å². The van der Waals surface area contributed by atoms with E-state index in [1.807, 2.05) is 32.2 Å². The van der Waals surface area contributed by atoms with Gasteiger partial charge in [0.1, 0.15) is 11.6 Å². The van der Waals surface area contributed by atoms with Crippen molar-refractivity contribution >= 4 is 15.9 Å². The van der Waals surface area contributed by atoms with Gasteiger partial charge in [0.05, 0.1) is 11.6 Å². The van der Waals surface area contributed by atoms with E-state index in [0.29, 0.717) is 10.9 Å². The molecule has 2 aromatic carbocycles. The lowest BCUT2D eigenvalue weighted by molar-refractivity contribution is 0.410. The SMILES string of the molecule is CNC(Cc1cccc(F)c1Br)c1ccc(C)c(OC)c1. The molecular weight excluding hydrogens is 333 g/mol. The van der Waals surface area contributed by atoms with Gasteiger partial charge in [0.15, 0.2) is 0 Å². The maximum absolute atomic E-state index is 13.6. The van der Waals surface area contributed by atoms with Gasteiger partial charge in [0.2, 0.25) is 0 Å². The summed E-state index contributed by atoms with van der Waals surface area (Å²) in [4.78, 5) is 0. The number of nitrogens with one attached hydrogen (secondary N) is 1. The summed E-state index contributed by atoms with van der Waals surface area (Å²) in [5.74, 6) is 0.634. The van der Waals surface area contributed by atoms with Crippen LogP contribution in [0.3, 0.4) is 0 Å². The zero-order valence-electron chi connectivity index (χ0n) is 12.4. The van der Waals surface area contributed by atoms with Crippen LogP contribution < -0.4 is 10.1 Å². The van der Waals surface area contributed by atoms with Crippen LogP contribution in [-0.2, 0) is 6.42 Å². The minimum Gasteiger partial charge on any atom is -0.496 e. The number of halogens is 2. The van der Waals surface area contributed by atoms with Crippen LogP contribution in [0.2, 0.25) is 0 Å². The summed E-state index contributed by atoms with van der Waals surface area (Å²) in [7, 11) is 3.58. The summed E-state index contributed by atoms with van der Waals surface area (Å²) in [5, 5.41) is 3.29. The summed E-state index contributed by atoms with van der Waals surface area (Å²) < 4.78 is 19.5. The molecule has 0 aliphatic heterocycles. The minimum absolute atomic E-state index is 0.0950. The molecule has 112 valence electrons. The molecule has 1 N–H and O–H groups in total. The third kappa shape index (κ3) is 3.63. The number of benzene rings is 2. The monoisotopic (exact) mass is 351 g/mol. The van der Waals surface area contributed by atoms with Crippen LogP contribution >= 0.6 is 15.9 Å². The number of aryl methyl sites for hydroxylation is 1. The first-order valence-electron chi connectivity index (χ1n) is 6.81. The zero-order chi connectivity index (χ0) is 15.4. The normalized spacial score (nSPS) is 12.2. The second kappa shape index (κ2) is 7.05. The van der Waals surface area contributed by atoms with Gasteiger partial charge in [0.25, 0.3) is 0 Å². The third-order valence-electron chi connectivity index (χ3n) is 3.64. The number of hydrogen-bond acceptors (Lipinski definition) is 2. The highest BCUT2D eigenvalue weighted by Crippen LogP contribution is 2.28. The first kappa shape index (κ1) is 16.0. The van der Waals surface area contributed by atoms with E-state index < -0.39 is 0 Å². The fourth-order valence-corrected chi connectivity index (χ4v) is 2.79. The highest BCUT2D eigenvalue weighted by atomic mass is 79.9. The molecule has 1 unspecified atom stereocenters. The third-order valence-corrected chi connectivity index (χ3v) is 4.53. The molecule has 0 amide bonds. The van der Waals surface area contributed by atoms with E-state index in [2.05, 4.69) is 27.3 Å². The molecule has 2 aromatic rings. The van der Waals surface area contributed by atoms with Crippen LogP contribution in [0, 0.1) is 12.7 Å². The maximum atomic E-state index is 13.6. The van der Waals surface area contributed by atoms with Crippen LogP contribution in [0.5, 0.6) is 5.75 Å². The summed E-state index contributed by atoms with van der Waals surface area (Å²) in [6.07, 6.45) is 0.695. The average molecular weight is 352 g/mol. The Hall–Kier alpha value is -1.39. The van der Waals surface area contributed by atoms with Crippen LogP contribution in [-0.4, -0.2) is 14.2 Å². The lowest BCUT2D eigenvalue weighted by atomic mass is 9.97. The zero-order valence-corrected chi connectivity index (χ0v) is 14.0. The Bertz CT molecular complexity index is 630. The van der Waals surface area contributed by atoms with E-state index >= 15 is 0 Å². The van der Waals surface area contributed by atoms with E-state index in [1.165, 1.54) is 6.07 Å². The summed E-state index contributed by atoms with van der Waals surface area (Å²) in [5.41, 5.74) is 3.16. The van der Waals surface area contributed by atoms with Crippen molar-refractivity contribution in [2.75, 3.05) is 14.2 Å². The van der Waals surface area contributed by atoms with Gasteiger partial charge in [-0.1, -0.05) is 24.3 Å². The largest absolute Gasteiger partial charge is 0.496 e. The Morgan fingerprint density at radius 1 is 1.29 bits per heavy atom. The lowest BCUT2D eigenvalue weighted by Crippen LogP contribution is -2.19. The molecule has 1 atom stereocenters. The molecule has 0 radical (unpaired) electrons. The predicted molar refractivity (Wildman–Crippen MR) is 87.3 cm³/mol. The molecule has 21 heavy (non-hydrogen) atoms. The standard InChI is InChI=1S/C17H19BrFNO/c1-11-7-8-12(10-16(11)21-3)15(20-2)9-13-5-4-6-14(19)17(13)18/h4-8,10,15,20H,9H2,1-3H3. The first-order chi connectivity index (χ1) is 10.1. The smallest absolute Gasteiger partial charge is 0.137 e. The van der Waals surface area contributed by atoms with Gasteiger partial charge in [0, 0.05) is 6.04 Å². The molecule has 2 nitrogen and oxygen atoms in total. The molecule has 0 aliphatic rings. The molecule has 0 saturated carbocycles. The second-order valence-corrected chi connectivity index (χ2v) is 5.78. The Labute approximate surface area is 133 Å². The van der Waals surface area contributed by atoms with Crippen molar-refractivity contribution in [3.63, 3.8) is 0 Å². The molecule has 0 saturated heterocycles. The number of rotatable bonds is 5. The molecular formula is C17H19BrFNO. The predicted octanol–water partition coefficient (Wildman–Crippen LogP) is 4.41. The molecule has 0 heterocycles. The quantitative estimate of drug-likeness (QED) is 0.861. The summed E-state index contributed by atoms with van der Waals surface area (Å²) in [6.45, 7) is 2.01. The number of likely N-dealkylation sites (N-methyl/N-ethyl adjacent to an activating group) is 1. The number of methoxy groups -OCH3 is 1. The van der Waals surface area contributed by atoms with Crippen molar-refractivity contribution < 1.29 is 9.13 Å². The number of hydrogen-bond donors (Lipinski definition) is 1.